The molecule has 1 aromatic rings. The van der Waals surface area contributed by atoms with E-state index >= 15 is 0 Å². The molecule has 0 unspecified atom stereocenters. The van der Waals surface area contributed by atoms with Crippen LogP contribution in [-0.4, -0.2) is 12.1 Å². The quantitative estimate of drug-likeness (QED) is 0.815. The van der Waals surface area contributed by atoms with Crippen molar-refractivity contribution in [3.63, 3.8) is 0 Å². The normalized spacial score (nSPS) is 12.3. The summed E-state index contributed by atoms with van der Waals surface area (Å²) in [5, 5.41) is 3.59. The van der Waals surface area contributed by atoms with Crippen LogP contribution in [0.3, 0.4) is 0 Å². The predicted octanol–water partition coefficient (Wildman–Crippen LogP) is 4.71. The number of benzene rings is 1. The molecular weight excluding hydrogens is 222 g/mol. The van der Waals surface area contributed by atoms with E-state index in [0.29, 0.717) is 12.0 Å². The van der Waals surface area contributed by atoms with Crippen LogP contribution in [0.25, 0.3) is 0 Å². The summed E-state index contributed by atoms with van der Waals surface area (Å²) in [6.07, 6.45) is 1.12. The Morgan fingerprint density at radius 3 is 2.00 bits per heavy atom. The summed E-state index contributed by atoms with van der Waals surface area (Å²) < 4.78 is 5.44. The molecule has 1 N–H and O–H groups in total. The van der Waals surface area contributed by atoms with Gasteiger partial charge in [-0.1, -0.05) is 20.8 Å². The van der Waals surface area contributed by atoms with Crippen molar-refractivity contribution in [1.29, 1.82) is 0 Å². The number of ether oxygens (including phenoxy) is 1. The van der Waals surface area contributed by atoms with Crippen LogP contribution in [0.2, 0.25) is 0 Å². The first-order valence-corrected chi connectivity index (χ1v) is 6.73. The third-order valence-electron chi connectivity index (χ3n) is 2.62. The molecule has 0 bridgehead atoms. The zero-order valence-electron chi connectivity index (χ0n) is 12.6. The molecule has 102 valence electrons. The van der Waals surface area contributed by atoms with Gasteiger partial charge < -0.3 is 10.1 Å². The highest BCUT2D eigenvalue weighted by Gasteiger charge is 2.25. The van der Waals surface area contributed by atoms with Crippen molar-refractivity contribution in [3.05, 3.63) is 24.3 Å². The van der Waals surface area contributed by atoms with Crippen LogP contribution < -0.4 is 10.1 Å². The minimum atomic E-state index is 0.0887. The van der Waals surface area contributed by atoms with Crippen molar-refractivity contribution in [1.82, 2.24) is 0 Å². The van der Waals surface area contributed by atoms with Gasteiger partial charge in [0.1, 0.15) is 5.75 Å². The van der Waals surface area contributed by atoms with E-state index in [9.17, 15) is 0 Å². The Balaban J connectivity index is 2.66. The van der Waals surface area contributed by atoms with Crippen LogP contribution in [0.4, 0.5) is 5.69 Å². The monoisotopic (exact) mass is 249 g/mol. The molecule has 0 aromatic heterocycles. The van der Waals surface area contributed by atoms with E-state index < -0.39 is 0 Å². The van der Waals surface area contributed by atoms with Gasteiger partial charge >= 0.3 is 0 Å². The molecule has 0 radical (unpaired) electrons. The van der Waals surface area contributed by atoms with E-state index in [-0.39, 0.29) is 5.54 Å². The molecule has 0 spiro atoms. The molecule has 0 aliphatic heterocycles. The van der Waals surface area contributed by atoms with Crippen molar-refractivity contribution in [2.75, 3.05) is 11.9 Å². The van der Waals surface area contributed by atoms with Gasteiger partial charge in [0, 0.05) is 11.2 Å². The lowest BCUT2D eigenvalue weighted by molar-refractivity contribution is 0.302. The lowest BCUT2D eigenvalue weighted by Gasteiger charge is -2.34. The average molecular weight is 249 g/mol. The molecule has 18 heavy (non-hydrogen) atoms. The highest BCUT2D eigenvalue weighted by atomic mass is 16.5. The lowest BCUT2D eigenvalue weighted by Crippen LogP contribution is -2.35. The standard InChI is InChI=1S/C16H27NO/c1-7-18-14-10-8-13(9-11-14)17-16(5,6)12-15(2,3)4/h8-11,17H,7,12H2,1-6H3. The highest BCUT2D eigenvalue weighted by Crippen LogP contribution is 2.30. The minimum Gasteiger partial charge on any atom is -0.494 e. The molecule has 0 heterocycles. The molecule has 1 rings (SSSR count). The van der Waals surface area contributed by atoms with E-state index in [0.717, 1.165) is 17.9 Å². The van der Waals surface area contributed by atoms with Gasteiger partial charge in [0.2, 0.25) is 0 Å². The van der Waals surface area contributed by atoms with Crippen LogP contribution in [0.15, 0.2) is 24.3 Å². The van der Waals surface area contributed by atoms with Gasteiger partial charge in [0.05, 0.1) is 6.61 Å². The fourth-order valence-corrected chi connectivity index (χ4v) is 2.56. The second kappa shape index (κ2) is 5.64. The molecule has 0 atom stereocenters. The van der Waals surface area contributed by atoms with Crippen LogP contribution in [0.1, 0.15) is 48.0 Å². The van der Waals surface area contributed by atoms with E-state index in [1.54, 1.807) is 0 Å². The van der Waals surface area contributed by atoms with Crippen LogP contribution in [0.5, 0.6) is 5.75 Å². The summed E-state index contributed by atoms with van der Waals surface area (Å²) in [6, 6.07) is 8.18. The smallest absolute Gasteiger partial charge is 0.119 e. The summed E-state index contributed by atoms with van der Waals surface area (Å²) in [4.78, 5) is 0. The minimum absolute atomic E-state index is 0.0887. The van der Waals surface area contributed by atoms with Crippen LogP contribution >= 0.6 is 0 Å². The van der Waals surface area contributed by atoms with E-state index in [2.05, 4.69) is 52.1 Å². The molecule has 0 aliphatic carbocycles. The maximum Gasteiger partial charge on any atom is 0.119 e. The number of hydrogen-bond donors (Lipinski definition) is 1. The van der Waals surface area contributed by atoms with Gasteiger partial charge in [-0.05, 0) is 56.9 Å². The molecule has 0 aliphatic rings. The number of rotatable bonds is 5. The van der Waals surface area contributed by atoms with E-state index in [1.807, 2.05) is 19.1 Å². The van der Waals surface area contributed by atoms with Crippen molar-refractivity contribution < 1.29 is 4.74 Å². The van der Waals surface area contributed by atoms with E-state index in [1.165, 1.54) is 0 Å². The van der Waals surface area contributed by atoms with Gasteiger partial charge in [0.15, 0.2) is 0 Å². The Morgan fingerprint density at radius 2 is 1.56 bits per heavy atom. The Bertz CT molecular complexity index is 360. The molecule has 1 aromatic carbocycles. The molecule has 0 saturated carbocycles. The van der Waals surface area contributed by atoms with Gasteiger partial charge in [-0.15, -0.1) is 0 Å². The summed E-state index contributed by atoms with van der Waals surface area (Å²) in [7, 11) is 0. The van der Waals surface area contributed by atoms with Crippen molar-refractivity contribution in [2.24, 2.45) is 5.41 Å². The first kappa shape index (κ1) is 14.9. The highest BCUT2D eigenvalue weighted by molar-refractivity contribution is 5.48. The fraction of sp³-hybridized carbons (Fsp3) is 0.625. The predicted molar refractivity (Wildman–Crippen MR) is 79.4 cm³/mol. The van der Waals surface area contributed by atoms with E-state index in [4.69, 9.17) is 4.74 Å². The molecule has 0 fully saturated rings. The molecule has 0 saturated heterocycles. The number of hydrogen-bond acceptors (Lipinski definition) is 2. The Morgan fingerprint density at radius 1 is 1.00 bits per heavy atom. The lowest BCUT2D eigenvalue weighted by atomic mass is 9.81. The largest absolute Gasteiger partial charge is 0.494 e. The first-order valence-electron chi connectivity index (χ1n) is 6.73. The Labute approximate surface area is 112 Å². The van der Waals surface area contributed by atoms with Crippen LogP contribution in [0, 0.1) is 5.41 Å². The first-order chi connectivity index (χ1) is 8.22. The van der Waals surface area contributed by atoms with Crippen molar-refractivity contribution >= 4 is 5.69 Å². The molecule has 2 heteroatoms. The second-order valence-corrected chi connectivity index (χ2v) is 6.70. The molecular formula is C16H27NO. The average Bonchev–Trinajstić information content (AvgIpc) is 2.17. The number of nitrogens with one attached hydrogen (secondary N) is 1. The van der Waals surface area contributed by atoms with Gasteiger partial charge in [-0.2, -0.15) is 0 Å². The van der Waals surface area contributed by atoms with Gasteiger partial charge in [-0.25, -0.2) is 0 Å². The topological polar surface area (TPSA) is 21.3 Å². The summed E-state index contributed by atoms with van der Waals surface area (Å²) in [5.74, 6) is 0.927. The maximum atomic E-state index is 5.44. The maximum absolute atomic E-state index is 5.44. The zero-order chi connectivity index (χ0) is 13.8. The fourth-order valence-electron chi connectivity index (χ4n) is 2.56. The van der Waals surface area contributed by atoms with Crippen LogP contribution in [-0.2, 0) is 0 Å². The van der Waals surface area contributed by atoms with Crippen molar-refractivity contribution in [3.8, 4) is 5.75 Å². The third kappa shape index (κ3) is 5.44. The summed E-state index contributed by atoms with van der Waals surface area (Å²) in [6.45, 7) is 14.0. The third-order valence-corrected chi connectivity index (χ3v) is 2.62. The SMILES string of the molecule is CCOc1ccc(NC(C)(C)CC(C)(C)C)cc1. The second-order valence-electron chi connectivity index (χ2n) is 6.70. The summed E-state index contributed by atoms with van der Waals surface area (Å²) >= 11 is 0. The van der Waals surface area contributed by atoms with Crippen molar-refractivity contribution in [2.45, 2.75) is 53.5 Å². The van der Waals surface area contributed by atoms with Gasteiger partial charge in [0.25, 0.3) is 0 Å². The number of anilines is 1. The zero-order valence-corrected chi connectivity index (χ0v) is 12.6. The Kier molecular flexibility index (Phi) is 4.66. The molecule has 0 amide bonds. The Hall–Kier alpha value is -1.18. The van der Waals surface area contributed by atoms with Gasteiger partial charge in [-0.3, -0.25) is 0 Å². The summed E-state index contributed by atoms with van der Waals surface area (Å²) in [5.41, 5.74) is 1.56. The molecule has 2 nitrogen and oxygen atoms in total.